The van der Waals surface area contributed by atoms with Crippen molar-refractivity contribution in [3.63, 3.8) is 0 Å². The Bertz CT molecular complexity index is 963. The molecule has 0 saturated carbocycles. The first kappa shape index (κ1) is 20.7. The standard InChI is InChI=1S/C22H19BrINO3/c1-2-27-21-19(24)11-16(22(26)25-18-10-6-9-17(23)13-18)12-20(21)28-14-15-7-4-3-5-8-15/h3-13H,2,14H2,1H3,(H,25,26). The number of hydrogen-bond donors (Lipinski definition) is 1. The number of carbonyl (C=O) groups excluding carboxylic acids is 1. The molecule has 0 bridgehead atoms. The molecule has 1 amide bonds. The zero-order chi connectivity index (χ0) is 19.9. The maximum Gasteiger partial charge on any atom is 0.255 e. The number of ether oxygens (including phenoxy) is 2. The molecule has 1 N–H and O–H groups in total. The van der Waals surface area contributed by atoms with Crippen molar-refractivity contribution in [1.29, 1.82) is 0 Å². The molecule has 0 saturated heterocycles. The van der Waals surface area contributed by atoms with Crippen LogP contribution in [-0.2, 0) is 6.61 Å². The van der Waals surface area contributed by atoms with E-state index in [1.807, 2.05) is 61.5 Å². The molecular weight excluding hydrogens is 533 g/mol. The zero-order valence-corrected chi connectivity index (χ0v) is 19.0. The summed E-state index contributed by atoms with van der Waals surface area (Å²) < 4.78 is 13.5. The third-order valence-corrected chi connectivity index (χ3v) is 5.17. The van der Waals surface area contributed by atoms with Crippen LogP contribution in [0.5, 0.6) is 11.5 Å². The van der Waals surface area contributed by atoms with Crippen LogP contribution in [0.4, 0.5) is 5.69 Å². The molecule has 4 nitrogen and oxygen atoms in total. The van der Waals surface area contributed by atoms with E-state index in [2.05, 4.69) is 43.8 Å². The zero-order valence-electron chi connectivity index (χ0n) is 15.2. The summed E-state index contributed by atoms with van der Waals surface area (Å²) in [4.78, 5) is 12.7. The first-order valence-corrected chi connectivity index (χ1v) is 10.6. The van der Waals surface area contributed by atoms with Gasteiger partial charge in [-0.1, -0.05) is 52.3 Å². The Hall–Kier alpha value is -2.06. The maximum atomic E-state index is 12.7. The molecule has 3 rings (SSSR count). The average Bonchev–Trinajstić information content (AvgIpc) is 2.69. The fourth-order valence-corrected chi connectivity index (χ4v) is 3.75. The van der Waals surface area contributed by atoms with Gasteiger partial charge in [-0.3, -0.25) is 4.79 Å². The summed E-state index contributed by atoms with van der Waals surface area (Å²) >= 11 is 5.58. The van der Waals surface area contributed by atoms with Crippen LogP contribution in [0.1, 0.15) is 22.8 Å². The number of amides is 1. The van der Waals surface area contributed by atoms with Gasteiger partial charge in [0.25, 0.3) is 5.91 Å². The van der Waals surface area contributed by atoms with E-state index in [0.717, 1.165) is 19.3 Å². The van der Waals surface area contributed by atoms with Crippen LogP contribution >= 0.6 is 38.5 Å². The van der Waals surface area contributed by atoms with Crippen molar-refractivity contribution in [2.75, 3.05) is 11.9 Å². The van der Waals surface area contributed by atoms with Crippen molar-refractivity contribution in [2.45, 2.75) is 13.5 Å². The molecule has 144 valence electrons. The lowest BCUT2D eigenvalue weighted by molar-refractivity contribution is 0.102. The molecule has 0 aliphatic heterocycles. The lowest BCUT2D eigenvalue weighted by Gasteiger charge is -2.15. The van der Waals surface area contributed by atoms with E-state index >= 15 is 0 Å². The molecule has 3 aromatic rings. The highest BCUT2D eigenvalue weighted by molar-refractivity contribution is 14.1. The number of rotatable bonds is 7. The minimum Gasteiger partial charge on any atom is -0.489 e. The molecule has 28 heavy (non-hydrogen) atoms. The topological polar surface area (TPSA) is 47.6 Å². The average molecular weight is 552 g/mol. The summed E-state index contributed by atoms with van der Waals surface area (Å²) in [5.41, 5.74) is 2.27. The van der Waals surface area contributed by atoms with Gasteiger partial charge in [-0.2, -0.15) is 0 Å². The molecule has 0 heterocycles. The van der Waals surface area contributed by atoms with Gasteiger partial charge < -0.3 is 14.8 Å². The van der Waals surface area contributed by atoms with Gasteiger partial charge in [0.15, 0.2) is 11.5 Å². The van der Waals surface area contributed by atoms with Crippen molar-refractivity contribution < 1.29 is 14.3 Å². The lowest BCUT2D eigenvalue weighted by Crippen LogP contribution is -2.13. The molecule has 0 spiro atoms. The van der Waals surface area contributed by atoms with Gasteiger partial charge in [-0.05, 0) is 65.4 Å². The molecule has 0 atom stereocenters. The summed E-state index contributed by atoms with van der Waals surface area (Å²) in [6.45, 7) is 2.83. The molecule has 3 aromatic carbocycles. The monoisotopic (exact) mass is 551 g/mol. The molecular formula is C22H19BrINO3. The van der Waals surface area contributed by atoms with Crippen LogP contribution in [0.15, 0.2) is 71.2 Å². The summed E-state index contributed by atoms with van der Waals surface area (Å²) in [6.07, 6.45) is 0. The number of hydrogen-bond acceptors (Lipinski definition) is 3. The van der Waals surface area contributed by atoms with Gasteiger partial charge in [0.1, 0.15) is 6.61 Å². The summed E-state index contributed by atoms with van der Waals surface area (Å²) in [7, 11) is 0. The van der Waals surface area contributed by atoms with Crippen LogP contribution in [0, 0.1) is 3.57 Å². The van der Waals surface area contributed by atoms with Crippen molar-refractivity contribution in [3.05, 3.63) is 85.9 Å². The van der Waals surface area contributed by atoms with Gasteiger partial charge >= 0.3 is 0 Å². The predicted octanol–water partition coefficient (Wildman–Crippen LogP) is 6.28. The Morgan fingerprint density at radius 2 is 1.82 bits per heavy atom. The molecule has 0 unspecified atom stereocenters. The fourth-order valence-electron chi connectivity index (χ4n) is 2.60. The Morgan fingerprint density at radius 3 is 2.54 bits per heavy atom. The van der Waals surface area contributed by atoms with Crippen LogP contribution in [0.25, 0.3) is 0 Å². The van der Waals surface area contributed by atoms with Crippen molar-refractivity contribution in [3.8, 4) is 11.5 Å². The highest BCUT2D eigenvalue weighted by Gasteiger charge is 2.16. The van der Waals surface area contributed by atoms with Crippen molar-refractivity contribution in [1.82, 2.24) is 0 Å². The maximum absolute atomic E-state index is 12.7. The summed E-state index contributed by atoms with van der Waals surface area (Å²) in [6, 6.07) is 20.9. The van der Waals surface area contributed by atoms with Gasteiger partial charge in [0, 0.05) is 15.7 Å². The van der Waals surface area contributed by atoms with E-state index in [4.69, 9.17) is 9.47 Å². The first-order valence-electron chi connectivity index (χ1n) is 8.77. The van der Waals surface area contributed by atoms with Gasteiger partial charge in [-0.25, -0.2) is 0 Å². The molecule has 6 heteroatoms. The highest BCUT2D eigenvalue weighted by atomic mass is 127. The number of nitrogens with one attached hydrogen (secondary N) is 1. The second-order valence-corrected chi connectivity index (χ2v) is 8.03. The lowest BCUT2D eigenvalue weighted by atomic mass is 10.1. The van der Waals surface area contributed by atoms with Gasteiger partial charge in [0.05, 0.1) is 10.2 Å². The van der Waals surface area contributed by atoms with E-state index in [1.54, 1.807) is 12.1 Å². The molecule has 0 aromatic heterocycles. The van der Waals surface area contributed by atoms with E-state index in [1.165, 1.54) is 0 Å². The molecule has 0 aliphatic carbocycles. The fraction of sp³-hybridized carbons (Fsp3) is 0.136. The summed E-state index contributed by atoms with van der Waals surface area (Å²) in [5, 5.41) is 2.91. The Balaban J connectivity index is 1.85. The Morgan fingerprint density at radius 1 is 1.04 bits per heavy atom. The number of benzene rings is 3. The van der Waals surface area contributed by atoms with Crippen molar-refractivity contribution in [2.24, 2.45) is 0 Å². The van der Waals surface area contributed by atoms with E-state index in [9.17, 15) is 4.79 Å². The minimum absolute atomic E-state index is 0.205. The van der Waals surface area contributed by atoms with E-state index in [-0.39, 0.29) is 5.91 Å². The van der Waals surface area contributed by atoms with Gasteiger partial charge in [0.2, 0.25) is 0 Å². The van der Waals surface area contributed by atoms with E-state index in [0.29, 0.717) is 30.3 Å². The third-order valence-electron chi connectivity index (χ3n) is 3.88. The summed E-state index contributed by atoms with van der Waals surface area (Å²) in [5.74, 6) is 0.999. The normalized spacial score (nSPS) is 10.4. The molecule has 0 fully saturated rings. The number of halogens is 2. The first-order chi connectivity index (χ1) is 13.6. The predicted molar refractivity (Wildman–Crippen MR) is 123 cm³/mol. The van der Waals surface area contributed by atoms with Gasteiger partial charge in [-0.15, -0.1) is 0 Å². The SMILES string of the molecule is CCOc1c(I)cc(C(=O)Nc2cccc(Br)c2)cc1OCc1ccccc1. The van der Waals surface area contributed by atoms with Crippen LogP contribution < -0.4 is 14.8 Å². The Kier molecular flexibility index (Phi) is 7.33. The second-order valence-electron chi connectivity index (χ2n) is 5.96. The third kappa shape index (κ3) is 5.48. The quantitative estimate of drug-likeness (QED) is 0.351. The number of anilines is 1. The minimum atomic E-state index is -0.205. The second kappa shape index (κ2) is 9.93. The molecule has 0 aliphatic rings. The van der Waals surface area contributed by atoms with E-state index < -0.39 is 0 Å². The Labute approximate surface area is 186 Å². The van der Waals surface area contributed by atoms with Crippen LogP contribution in [0.2, 0.25) is 0 Å². The smallest absolute Gasteiger partial charge is 0.255 e. The largest absolute Gasteiger partial charge is 0.489 e. The van der Waals surface area contributed by atoms with Crippen molar-refractivity contribution >= 4 is 50.1 Å². The van der Waals surface area contributed by atoms with Crippen LogP contribution in [-0.4, -0.2) is 12.5 Å². The molecule has 0 radical (unpaired) electrons. The number of carbonyl (C=O) groups is 1. The highest BCUT2D eigenvalue weighted by Crippen LogP contribution is 2.35. The van der Waals surface area contributed by atoms with Crippen LogP contribution in [0.3, 0.4) is 0 Å².